The van der Waals surface area contributed by atoms with Crippen molar-refractivity contribution in [2.45, 2.75) is 6.61 Å². The summed E-state index contributed by atoms with van der Waals surface area (Å²) in [5, 5.41) is 10.9. The van der Waals surface area contributed by atoms with Crippen LogP contribution in [-0.4, -0.2) is 6.21 Å². The predicted molar refractivity (Wildman–Crippen MR) is 45.1 cm³/mol. The van der Waals surface area contributed by atoms with Gasteiger partial charge < -0.3 is 4.84 Å². The second-order valence-electron chi connectivity index (χ2n) is 2.69. The van der Waals surface area contributed by atoms with Gasteiger partial charge in [-0.25, -0.2) is 22.0 Å². The highest BCUT2D eigenvalue weighted by molar-refractivity contribution is 5.74. The lowest BCUT2D eigenvalue weighted by atomic mass is 10.2. The van der Waals surface area contributed by atoms with Gasteiger partial charge in [-0.05, 0) is 0 Å². The van der Waals surface area contributed by atoms with Crippen molar-refractivity contribution in [1.29, 1.82) is 5.26 Å². The summed E-state index contributed by atoms with van der Waals surface area (Å²) in [5.74, 6) is -10.4. The molecule has 1 aromatic rings. The van der Waals surface area contributed by atoms with Crippen LogP contribution in [0.25, 0.3) is 0 Å². The highest BCUT2D eigenvalue weighted by Crippen LogP contribution is 2.23. The van der Waals surface area contributed by atoms with Crippen molar-refractivity contribution in [3.8, 4) is 6.07 Å². The predicted octanol–water partition coefficient (Wildman–Crippen LogP) is 2.41. The number of rotatable bonds is 3. The van der Waals surface area contributed by atoms with Crippen molar-refractivity contribution in [1.82, 2.24) is 0 Å². The van der Waals surface area contributed by atoms with Crippen LogP contribution >= 0.6 is 0 Å². The van der Waals surface area contributed by atoms with Crippen LogP contribution in [0.15, 0.2) is 5.16 Å². The molecule has 0 aliphatic rings. The van der Waals surface area contributed by atoms with Gasteiger partial charge in [0.05, 0.1) is 5.56 Å². The second kappa shape index (κ2) is 5.25. The minimum Gasteiger partial charge on any atom is -0.390 e. The normalized spacial score (nSPS) is 10.6. The summed E-state index contributed by atoms with van der Waals surface area (Å²) in [6, 6.07) is 1.40. The highest BCUT2D eigenvalue weighted by atomic mass is 19.2. The Morgan fingerprint density at radius 2 is 1.47 bits per heavy atom. The fourth-order valence-electron chi connectivity index (χ4n) is 0.940. The zero-order chi connectivity index (χ0) is 13.0. The first kappa shape index (κ1) is 12.9. The Kier molecular flexibility index (Phi) is 3.98. The van der Waals surface area contributed by atoms with Crippen molar-refractivity contribution >= 4 is 6.21 Å². The molecule has 0 spiro atoms. The van der Waals surface area contributed by atoms with Crippen molar-refractivity contribution in [3.63, 3.8) is 0 Å². The van der Waals surface area contributed by atoms with Crippen LogP contribution in [0.5, 0.6) is 0 Å². The molecule has 0 saturated carbocycles. The first-order chi connectivity index (χ1) is 8.00. The van der Waals surface area contributed by atoms with E-state index in [9.17, 15) is 22.0 Å². The van der Waals surface area contributed by atoms with Gasteiger partial charge in [0.25, 0.3) is 0 Å². The number of nitriles is 1. The highest BCUT2D eigenvalue weighted by Gasteiger charge is 2.25. The molecule has 0 bridgehead atoms. The molecule has 0 atom stereocenters. The molecule has 8 heteroatoms. The first-order valence-corrected chi connectivity index (χ1v) is 4.04. The maximum atomic E-state index is 13.0. The fourth-order valence-corrected chi connectivity index (χ4v) is 0.940. The van der Waals surface area contributed by atoms with Crippen LogP contribution < -0.4 is 0 Å². The van der Waals surface area contributed by atoms with Crippen LogP contribution in [0.4, 0.5) is 22.0 Å². The molecule has 0 aliphatic carbocycles. The lowest BCUT2D eigenvalue weighted by Crippen LogP contribution is -2.07. The molecular formula is C9H3F5N2O. The Morgan fingerprint density at radius 1 is 1.00 bits per heavy atom. The van der Waals surface area contributed by atoms with Crippen molar-refractivity contribution in [2.75, 3.05) is 0 Å². The largest absolute Gasteiger partial charge is 0.390 e. The summed E-state index contributed by atoms with van der Waals surface area (Å²) in [5.41, 5.74) is -1.16. The molecule has 0 heterocycles. The quantitative estimate of drug-likeness (QED) is 0.272. The fraction of sp³-hybridized carbons (Fsp3) is 0.111. The number of oxime groups is 1. The smallest absolute Gasteiger partial charge is 0.200 e. The third kappa shape index (κ3) is 2.50. The number of hydrogen-bond acceptors (Lipinski definition) is 3. The standard InChI is InChI=1S/C9H3F5N2O/c10-5-4(3-17-16-2-1-15)6(11)8(13)9(14)7(5)12/h2H,3H2/b16-2+. The molecule has 3 nitrogen and oxygen atoms in total. The molecule has 90 valence electrons. The van der Waals surface area contributed by atoms with E-state index in [1.54, 1.807) is 0 Å². The van der Waals surface area contributed by atoms with E-state index in [-0.39, 0.29) is 0 Å². The zero-order valence-corrected chi connectivity index (χ0v) is 7.98. The maximum absolute atomic E-state index is 13.0. The molecule has 0 unspecified atom stereocenters. The van der Waals surface area contributed by atoms with Crippen LogP contribution in [0.3, 0.4) is 0 Å². The summed E-state index contributed by atoms with van der Waals surface area (Å²) < 4.78 is 63.9. The molecule has 0 saturated heterocycles. The van der Waals surface area contributed by atoms with E-state index in [1.807, 2.05) is 0 Å². The molecule has 1 aromatic carbocycles. The molecule has 17 heavy (non-hydrogen) atoms. The van der Waals surface area contributed by atoms with E-state index < -0.39 is 41.3 Å². The third-order valence-electron chi connectivity index (χ3n) is 1.69. The van der Waals surface area contributed by atoms with Gasteiger partial charge in [-0.15, -0.1) is 0 Å². The van der Waals surface area contributed by atoms with Crippen LogP contribution in [0, 0.1) is 40.4 Å². The number of nitrogens with zero attached hydrogens (tertiary/aromatic N) is 2. The molecule has 0 amide bonds. The zero-order valence-electron chi connectivity index (χ0n) is 7.98. The van der Waals surface area contributed by atoms with Crippen molar-refractivity contribution < 1.29 is 26.8 Å². The van der Waals surface area contributed by atoms with Crippen LogP contribution in [-0.2, 0) is 11.4 Å². The van der Waals surface area contributed by atoms with Gasteiger partial charge in [0.15, 0.2) is 23.3 Å². The maximum Gasteiger partial charge on any atom is 0.200 e. The Labute approximate surface area is 91.7 Å². The number of benzene rings is 1. The summed E-state index contributed by atoms with van der Waals surface area (Å²) in [7, 11) is 0. The SMILES string of the molecule is N#C/C=N/OCc1c(F)c(F)c(F)c(F)c1F. The number of halogens is 5. The van der Waals surface area contributed by atoms with E-state index in [1.165, 1.54) is 6.07 Å². The Balaban J connectivity index is 3.08. The Hall–Kier alpha value is -2.17. The van der Waals surface area contributed by atoms with Gasteiger partial charge in [0.1, 0.15) is 18.9 Å². The van der Waals surface area contributed by atoms with Crippen LogP contribution in [0.1, 0.15) is 5.56 Å². The molecular weight excluding hydrogens is 247 g/mol. The van der Waals surface area contributed by atoms with Gasteiger partial charge in [-0.1, -0.05) is 5.16 Å². The second-order valence-corrected chi connectivity index (χ2v) is 2.69. The monoisotopic (exact) mass is 250 g/mol. The molecule has 0 aliphatic heterocycles. The Morgan fingerprint density at radius 3 is 1.94 bits per heavy atom. The van der Waals surface area contributed by atoms with Gasteiger partial charge in [-0.3, -0.25) is 0 Å². The van der Waals surface area contributed by atoms with Crippen molar-refractivity contribution in [3.05, 3.63) is 34.6 Å². The minimum atomic E-state index is -2.25. The van der Waals surface area contributed by atoms with E-state index in [4.69, 9.17) is 5.26 Å². The van der Waals surface area contributed by atoms with Gasteiger partial charge >= 0.3 is 0 Å². The molecule has 0 N–H and O–H groups in total. The lowest BCUT2D eigenvalue weighted by molar-refractivity contribution is 0.124. The first-order valence-electron chi connectivity index (χ1n) is 4.04. The third-order valence-corrected chi connectivity index (χ3v) is 1.69. The van der Waals surface area contributed by atoms with Gasteiger partial charge in [0, 0.05) is 0 Å². The van der Waals surface area contributed by atoms with E-state index in [0.29, 0.717) is 6.21 Å². The number of hydrogen-bond donors (Lipinski definition) is 0. The van der Waals surface area contributed by atoms with E-state index in [2.05, 4.69) is 9.99 Å². The van der Waals surface area contributed by atoms with Crippen LogP contribution in [0.2, 0.25) is 0 Å². The van der Waals surface area contributed by atoms with Gasteiger partial charge in [-0.2, -0.15) is 5.26 Å². The average molecular weight is 250 g/mol. The summed E-state index contributed by atoms with van der Waals surface area (Å²) in [6.07, 6.45) is 0.589. The summed E-state index contributed by atoms with van der Waals surface area (Å²) in [4.78, 5) is 4.18. The van der Waals surface area contributed by atoms with E-state index >= 15 is 0 Å². The molecule has 0 radical (unpaired) electrons. The minimum absolute atomic E-state index is 0.589. The van der Waals surface area contributed by atoms with Crippen molar-refractivity contribution in [2.24, 2.45) is 5.16 Å². The Bertz CT molecular complexity index is 480. The lowest BCUT2D eigenvalue weighted by Gasteiger charge is -2.06. The average Bonchev–Trinajstić information content (AvgIpc) is 2.33. The summed E-state index contributed by atoms with van der Waals surface area (Å²) in [6.45, 7) is -0.982. The summed E-state index contributed by atoms with van der Waals surface area (Å²) >= 11 is 0. The van der Waals surface area contributed by atoms with E-state index in [0.717, 1.165) is 0 Å². The van der Waals surface area contributed by atoms with Gasteiger partial charge in [0.2, 0.25) is 5.82 Å². The molecule has 0 fully saturated rings. The topological polar surface area (TPSA) is 45.4 Å². The molecule has 1 rings (SSSR count). The molecule has 0 aromatic heterocycles.